The molecule has 1 heterocycles. The van der Waals surface area contributed by atoms with Crippen LogP contribution >= 0.6 is 11.8 Å². The Hall–Kier alpha value is -1.44. The molecular formula is C14H15NO2S. The Bertz CT molecular complexity index is 484. The second-order valence-electron chi connectivity index (χ2n) is 4.00. The van der Waals surface area contributed by atoms with Crippen LogP contribution in [0.2, 0.25) is 0 Å². The van der Waals surface area contributed by atoms with Crippen LogP contribution in [-0.2, 0) is 4.79 Å². The van der Waals surface area contributed by atoms with E-state index in [1.807, 2.05) is 24.3 Å². The first-order valence-corrected chi connectivity index (χ1v) is 6.97. The first kappa shape index (κ1) is 13.0. The molecule has 2 N–H and O–H groups in total. The summed E-state index contributed by atoms with van der Waals surface area (Å²) in [5.41, 5.74) is 1.46. The van der Waals surface area contributed by atoms with E-state index < -0.39 is 0 Å². The lowest BCUT2D eigenvalue weighted by atomic mass is 10.1. The second-order valence-corrected chi connectivity index (χ2v) is 5.31. The van der Waals surface area contributed by atoms with E-state index in [1.165, 1.54) is 0 Å². The van der Waals surface area contributed by atoms with Gasteiger partial charge in [0.2, 0.25) is 5.91 Å². The van der Waals surface area contributed by atoms with Crippen molar-refractivity contribution in [1.29, 1.82) is 0 Å². The molecule has 3 nitrogen and oxygen atoms in total. The third-order valence-electron chi connectivity index (χ3n) is 2.71. The molecule has 1 amide bonds. The number of amides is 1. The van der Waals surface area contributed by atoms with Gasteiger partial charge in [-0.3, -0.25) is 4.79 Å². The largest absolute Gasteiger partial charge is 0.384 e. The maximum absolute atomic E-state index is 12.0. The SMILES string of the molecule is O=C(Nc1ccccc1C#CCO)C1CCCS1. The number of para-hydroxylation sites is 1. The summed E-state index contributed by atoms with van der Waals surface area (Å²) in [6.07, 6.45) is 2.05. The fourth-order valence-corrected chi connectivity index (χ4v) is 3.00. The van der Waals surface area contributed by atoms with Gasteiger partial charge in [-0.25, -0.2) is 0 Å². The van der Waals surface area contributed by atoms with Gasteiger partial charge in [0.15, 0.2) is 0 Å². The van der Waals surface area contributed by atoms with Gasteiger partial charge in [0.05, 0.1) is 10.9 Å². The van der Waals surface area contributed by atoms with Crippen LogP contribution in [0.5, 0.6) is 0 Å². The summed E-state index contributed by atoms with van der Waals surface area (Å²) >= 11 is 1.71. The van der Waals surface area contributed by atoms with Crippen LogP contribution in [0.25, 0.3) is 0 Å². The van der Waals surface area contributed by atoms with Crippen molar-refractivity contribution in [3.05, 3.63) is 29.8 Å². The Labute approximate surface area is 111 Å². The molecule has 1 atom stereocenters. The predicted molar refractivity (Wildman–Crippen MR) is 74.5 cm³/mol. The van der Waals surface area contributed by atoms with Crippen LogP contribution in [0.3, 0.4) is 0 Å². The third kappa shape index (κ3) is 3.28. The molecule has 2 rings (SSSR count). The predicted octanol–water partition coefficient (Wildman–Crippen LogP) is 1.86. The molecule has 1 aliphatic heterocycles. The Morgan fingerprint density at radius 2 is 2.33 bits per heavy atom. The number of nitrogens with one attached hydrogen (secondary N) is 1. The normalized spacial score (nSPS) is 17.9. The minimum atomic E-state index is -0.180. The molecule has 4 heteroatoms. The van der Waals surface area contributed by atoms with Crippen molar-refractivity contribution in [1.82, 2.24) is 0 Å². The van der Waals surface area contributed by atoms with Crippen molar-refractivity contribution in [2.45, 2.75) is 18.1 Å². The minimum absolute atomic E-state index is 0.0516. The molecule has 0 spiro atoms. The van der Waals surface area contributed by atoms with Gasteiger partial charge >= 0.3 is 0 Å². The second kappa shape index (κ2) is 6.48. The van der Waals surface area contributed by atoms with E-state index in [9.17, 15) is 4.79 Å². The van der Waals surface area contributed by atoms with Crippen LogP contribution in [0.15, 0.2) is 24.3 Å². The van der Waals surface area contributed by atoms with Crippen LogP contribution < -0.4 is 5.32 Å². The van der Waals surface area contributed by atoms with E-state index in [4.69, 9.17) is 5.11 Å². The van der Waals surface area contributed by atoms with E-state index >= 15 is 0 Å². The lowest BCUT2D eigenvalue weighted by Crippen LogP contribution is -2.23. The van der Waals surface area contributed by atoms with Gasteiger partial charge in [-0.15, -0.1) is 11.8 Å². The Kier molecular flexibility index (Phi) is 4.68. The Morgan fingerprint density at radius 1 is 1.50 bits per heavy atom. The Morgan fingerprint density at radius 3 is 3.06 bits per heavy atom. The van der Waals surface area contributed by atoms with Crippen molar-refractivity contribution >= 4 is 23.4 Å². The number of thioether (sulfide) groups is 1. The number of carbonyl (C=O) groups is 1. The van der Waals surface area contributed by atoms with Crippen LogP contribution in [0.1, 0.15) is 18.4 Å². The number of rotatable bonds is 2. The van der Waals surface area contributed by atoms with Crippen molar-refractivity contribution in [2.75, 3.05) is 17.7 Å². The van der Waals surface area contributed by atoms with Gasteiger partial charge in [-0.2, -0.15) is 0 Å². The van der Waals surface area contributed by atoms with Gasteiger partial charge in [-0.1, -0.05) is 24.0 Å². The quantitative estimate of drug-likeness (QED) is 0.799. The summed E-state index contributed by atoms with van der Waals surface area (Å²) in [6, 6.07) is 7.39. The monoisotopic (exact) mass is 261 g/mol. The van der Waals surface area contributed by atoms with Crippen LogP contribution in [0, 0.1) is 11.8 Å². The van der Waals surface area contributed by atoms with E-state index in [-0.39, 0.29) is 17.8 Å². The molecule has 0 aliphatic carbocycles. The van der Waals surface area contributed by atoms with Crippen LogP contribution in [-0.4, -0.2) is 28.6 Å². The minimum Gasteiger partial charge on any atom is -0.384 e. The molecule has 0 radical (unpaired) electrons. The number of carbonyl (C=O) groups excluding carboxylic acids is 1. The first-order valence-electron chi connectivity index (χ1n) is 5.92. The van der Waals surface area contributed by atoms with E-state index in [2.05, 4.69) is 17.2 Å². The zero-order valence-electron chi connectivity index (χ0n) is 9.98. The molecule has 1 aromatic carbocycles. The molecule has 0 aromatic heterocycles. The van der Waals surface area contributed by atoms with E-state index in [1.54, 1.807) is 11.8 Å². The lowest BCUT2D eigenvalue weighted by molar-refractivity contribution is -0.115. The zero-order valence-corrected chi connectivity index (χ0v) is 10.8. The molecule has 1 unspecified atom stereocenters. The number of aliphatic hydroxyl groups is 1. The summed E-state index contributed by atoms with van der Waals surface area (Å²) in [4.78, 5) is 12.0. The van der Waals surface area contributed by atoms with Crippen molar-refractivity contribution in [3.63, 3.8) is 0 Å². The highest BCUT2D eigenvalue weighted by Gasteiger charge is 2.23. The fraction of sp³-hybridized carbons (Fsp3) is 0.357. The van der Waals surface area contributed by atoms with Crippen molar-refractivity contribution in [2.24, 2.45) is 0 Å². The summed E-state index contributed by atoms with van der Waals surface area (Å²) in [7, 11) is 0. The topological polar surface area (TPSA) is 49.3 Å². The standard InChI is InChI=1S/C14H15NO2S/c16-9-3-6-11-5-1-2-7-12(11)15-14(17)13-8-4-10-18-13/h1-2,5,7,13,16H,4,8-10H2,(H,15,17). The molecular weight excluding hydrogens is 246 g/mol. The highest BCUT2D eigenvalue weighted by molar-refractivity contribution is 8.00. The van der Waals surface area contributed by atoms with Crippen LogP contribution in [0.4, 0.5) is 5.69 Å². The summed E-state index contributed by atoms with van der Waals surface area (Å²) < 4.78 is 0. The maximum Gasteiger partial charge on any atom is 0.237 e. The number of hydrogen-bond acceptors (Lipinski definition) is 3. The molecule has 1 aromatic rings. The summed E-state index contributed by atoms with van der Waals surface area (Å²) in [5, 5.41) is 11.7. The molecule has 1 saturated heterocycles. The molecule has 18 heavy (non-hydrogen) atoms. The maximum atomic E-state index is 12.0. The first-order chi connectivity index (χ1) is 8.81. The summed E-state index contributed by atoms with van der Waals surface area (Å²) in [6.45, 7) is -0.180. The number of benzene rings is 1. The summed E-state index contributed by atoms with van der Waals surface area (Å²) in [5.74, 6) is 6.55. The lowest BCUT2D eigenvalue weighted by Gasteiger charge is -2.11. The number of aliphatic hydroxyl groups excluding tert-OH is 1. The molecule has 1 fully saturated rings. The Balaban J connectivity index is 2.10. The van der Waals surface area contributed by atoms with E-state index in [0.717, 1.165) is 29.8 Å². The van der Waals surface area contributed by atoms with Crippen molar-refractivity contribution in [3.8, 4) is 11.8 Å². The molecule has 1 aliphatic rings. The fourth-order valence-electron chi connectivity index (χ4n) is 1.83. The van der Waals surface area contributed by atoms with Gasteiger partial charge in [0.1, 0.15) is 6.61 Å². The van der Waals surface area contributed by atoms with E-state index in [0.29, 0.717) is 0 Å². The molecule has 0 saturated carbocycles. The smallest absolute Gasteiger partial charge is 0.237 e. The van der Waals surface area contributed by atoms with Gasteiger partial charge in [0.25, 0.3) is 0 Å². The highest BCUT2D eigenvalue weighted by atomic mass is 32.2. The van der Waals surface area contributed by atoms with Gasteiger partial charge < -0.3 is 10.4 Å². The molecule has 0 bridgehead atoms. The average Bonchev–Trinajstić information content (AvgIpc) is 2.91. The number of anilines is 1. The zero-order chi connectivity index (χ0) is 12.8. The third-order valence-corrected chi connectivity index (χ3v) is 4.09. The molecule has 94 valence electrons. The van der Waals surface area contributed by atoms with Crippen molar-refractivity contribution < 1.29 is 9.90 Å². The highest BCUT2D eigenvalue weighted by Crippen LogP contribution is 2.27. The number of hydrogen-bond donors (Lipinski definition) is 2. The average molecular weight is 261 g/mol. The van der Waals surface area contributed by atoms with Gasteiger partial charge in [-0.05, 0) is 30.7 Å². The van der Waals surface area contributed by atoms with Gasteiger partial charge in [0, 0.05) is 5.56 Å².